The number of hydrogen-bond donors (Lipinski definition) is 2. The Morgan fingerprint density at radius 3 is 2.62 bits per heavy atom. The average molecular weight is 291 g/mol. The Morgan fingerprint density at radius 1 is 1.19 bits per heavy atom. The average Bonchev–Trinajstić information content (AvgIpc) is 2.44. The number of anilines is 1. The molecule has 0 aliphatic carbocycles. The Kier molecular flexibility index (Phi) is 4.65. The minimum atomic E-state index is -0.530. The van der Waals surface area contributed by atoms with E-state index >= 15 is 0 Å². The van der Waals surface area contributed by atoms with Crippen molar-refractivity contribution in [3.63, 3.8) is 0 Å². The summed E-state index contributed by atoms with van der Waals surface area (Å²) >= 11 is 0. The molecule has 4 nitrogen and oxygen atoms in total. The summed E-state index contributed by atoms with van der Waals surface area (Å²) in [5.74, 6) is 0.377. The summed E-state index contributed by atoms with van der Waals surface area (Å²) in [6.45, 7) is 3.53. The van der Waals surface area contributed by atoms with Gasteiger partial charge in [-0.3, -0.25) is 0 Å². The quantitative estimate of drug-likeness (QED) is 0.828. The fraction of sp³-hybridized carbons (Fsp3) is 0.250. The zero-order chi connectivity index (χ0) is 15.4. The number of hydrogen-bond acceptors (Lipinski definition) is 4. The summed E-state index contributed by atoms with van der Waals surface area (Å²) in [6.07, 6.45) is -0.159. The van der Waals surface area contributed by atoms with Crippen molar-refractivity contribution >= 4 is 5.69 Å². The van der Waals surface area contributed by atoms with Crippen LogP contribution in [0.2, 0.25) is 0 Å². The predicted octanol–water partition coefficient (Wildman–Crippen LogP) is 3.48. The second-order valence-corrected chi connectivity index (χ2v) is 4.89. The molecule has 0 aromatic heterocycles. The van der Waals surface area contributed by atoms with Gasteiger partial charge in [0.05, 0.1) is 18.4 Å². The van der Waals surface area contributed by atoms with Crippen LogP contribution in [0.3, 0.4) is 0 Å². The lowest BCUT2D eigenvalue weighted by molar-refractivity contribution is 0.230. The van der Waals surface area contributed by atoms with E-state index in [1.165, 1.54) is 12.1 Å². The molecule has 0 heterocycles. The van der Waals surface area contributed by atoms with Crippen molar-refractivity contribution in [1.29, 1.82) is 0 Å². The molecule has 0 unspecified atom stereocenters. The van der Waals surface area contributed by atoms with Crippen LogP contribution in [0.4, 0.5) is 10.1 Å². The van der Waals surface area contributed by atoms with Gasteiger partial charge in [0.15, 0.2) is 17.3 Å². The molecule has 0 fully saturated rings. The van der Waals surface area contributed by atoms with Crippen molar-refractivity contribution in [2.24, 2.45) is 0 Å². The number of rotatable bonds is 5. The van der Waals surface area contributed by atoms with Crippen LogP contribution >= 0.6 is 0 Å². The lowest BCUT2D eigenvalue weighted by atomic mass is 10.2. The molecule has 0 saturated carbocycles. The third kappa shape index (κ3) is 3.86. The summed E-state index contributed by atoms with van der Waals surface area (Å²) in [7, 11) is 0. The van der Waals surface area contributed by atoms with E-state index in [1.54, 1.807) is 38.1 Å². The monoisotopic (exact) mass is 291 g/mol. The van der Waals surface area contributed by atoms with Crippen LogP contribution in [-0.2, 0) is 6.61 Å². The van der Waals surface area contributed by atoms with E-state index in [-0.39, 0.29) is 24.1 Å². The Labute approximate surface area is 122 Å². The van der Waals surface area contributed by atoms with Gasteiger partial charge in [0.2, 0.25) is 0 Å². The molecule has 0 aliphatic rings. The summed E-state index contributed by atoms with van der Waals surface area (Å²) in [5, 5.41) is 9.11. The highest BCUT2D eigenvalue weighted by atomic mass is 19.1. The zero-order valence-electron chi connectivity index (χ0n) is 12.0. The second kappa shape index (κ2) is 6.45. The number of ether oxygens (including phenoxy) is 2. The Bertz CT molecular complexity index is 629. The predicted molar refractivity (Wildman–Crippen MR) is 79.0 cm³/mol. The first-order valence-corrected chi connectivity index (χ1v) is 6.63. The fourth-order valence-electron chi connectivity index (χ4n) is 1.82. The van der Waals surface area contributed by atoms with Crippen LogP contribution in [0.25, 0.3) is 0 Å². The molecule has 112 valence electrons. The SMILES string of the molecule is CC(C)Oc1cc(Oc2cccc(CO)c2)c(N)cc1F. The molecule has 5 heteroatoms. The molecule has 0 saturated heterocycles. The van der Waals surface area contributed by atoms with Crippen molar-refractivity contribution in [2.45, 2.75) is 26.6 Å². The van der Waals surface area contributed by atoms with E-state index in [4.69, 9.17) is 20.3 Å². The van der Waals surface area contributed by atoms with Gasteiger partial charge in [-0.1, -0.05) is 12.1 Å². The Balaban J connectivity index is 2.30. The van der Waals surface area contributed by atoms with Gasteiger partial charge >= 0.3 is 0 Å². The highest BCUT2D eigenvalue weighted by Gasteiger charge is 2.12. The van der Waals surface area contributed by atoms with Crippen LogP contribution in [-0.4, -0.2) is 11.2 Å². The number of benzene rings is 2. The highest BCUT2D eigenvalue weighted by molar-refractivity contribution is 5.57. The zero-order valence-corrected chi connectivity index (χ0v) is 12.0. The first kappa shape index (κ1) is 15.1. The second-order valence-electron chi connectivity index (χ2n) is 4.89. The molecule has 0 amide bonds. The maximum Gasteiger partial charge on any atom is 0.167 e. The van der Waals surface area contributed by atoms with Crippen molar-refractivity contribution in [3.8, 4) is 17.2 Å². The van der Waals surface area contributed by atoms with Gasteiger partial charge in [-0.15, -0.1) is 0 Å². The maximum absolute atomic E-state index is 13.8. The topological polar surface area (TPSA) is 64.7 Å². The lowest BCUT2D eigenvalue weighted by Crippen LogP contribution is -2.07. The molecule has 2 rings (SSSR count). The number of aliphatic hydroxyl groups is 1. The molecule has 0 spiro atoms. The number of halogens is 1. The molecular formula is C16H18FNO3. The normalized spacial score (nSPS) is 10.7. The van der Waals surface area contributed by atoms with Crippen LogP contribution in [0.1, 0.15) is 19.4 Å². The van der Waals surface area contributed by atoms with Crippen molar-refractivity contribution in [3.05, 3.63) is 47.8 Å². The van der Waals surface area contributed by atoms with Gasteiger partial charge in [-0.25, -0.2) is 4.39 Å². The van der Waals surface area contributed by atoms with Gasteiger partial charge in [0.25, 0.3) is 0 Å². The fourth-order valence-corrected chi connectivity index (χ4v) is 1.82. The number of nitrogens with two attached hydrogens (primary N) is 1. The molecule has 0 radical (unpaired) electrons. The van der Waals surface area contributed by atoms with E-state index in [9.17, 15) is 4.39 Å². The molecule has 0 atom stereocenters. The van der Waals surface area contributed by atoms with Gasteiger partial charge in [0.1, 0.15) is 5.75 Å². The van der Waals surface area contributed by atoms with Crippen LogP contribution in [0.5, 0.6) is 17.2 Å². The molecule has 2 aromatic rings. The van der Waals surface area contributed by atoms with E-state index in [0.29, 0.717) is 17.1 Å². The molecule has 2 aromatic carbocycles. The smallest absolute Gasteiger partial charge is 0.167 e. The minimum Gasteiger partial charge on any atom is -0.488 e. The van der Waals surface area contributed by atoms with Crippen LogP contribution in [0.15, 0.2) is 36.4 Å². The molecule has 3 N–H and O–H groups in total. The largest absolute Gasteiger partial charge is 0.488 e. The third-order valence-electron chi connectivity index (χ3n) is 2.74. The van der Waals surface area contributed by atoms with Crippen molar-refractivity contribution < 1.29 is 19.0 Å². The summed E-state index contributed by atoms with van der Waals surface area (Å²) in [5.41, 5.74) is 6.66. The Morgan fingerprint density at radius 2 is 1.95 bits per heavy atom. The van der Waals surface area contributed by atoms with Crippen molar-refractivity contribution in [1.82, 2.24) is 0 Å². The molecule has 0 bridgehead atoms. The van der Waals surface area contributed by atoms with Crippen LogP contribution in [0, 0.1) is 5.82 Å². The summed E-state index contributed by atoms with van der Waals surface area (Å²) in [6, 6.07) is 9.54. The molecule has 21 heavy (non-hydrogen) atoms. The molecule has 0 aliphatic heterocycles. The summed E-state index contributed by atoms with van der Waals surface area (Å²) < 4.78 is 24.8. The van der Waals surface area contributed by atoms with Gasteiger partial charge in [0, 0.05) is 12.1 Å². The lowest BCUT2D eigenvalue weighted by Gasteiger charge is -2.14. The third-order valence-corrected chi connectivity index (χ3v) is 2.74. The van der Waals surface area contributed by atoms with E-state index in [2.05, 4.69) is 0 Å². The highest BCUT2D eigenvalue weighted by Crippen LogP contribution is 2.34. The molecular weight excluding hydrogens is 273 g/mol. The Hall–Kier alpha value is -2.27. The number of aliphatic hydroxyl groups excluding tert-OH is 1. The first-order chi connectivity index (χ1) is 9.99. The maximum atomic E-state index is 13.8. The van der Waals surface area contributed by atoms with E-state index < -0.39 is 5.82 Å². The van der Waals surface area contributed by atoms with Gasteiger partial charge in [-0.2, -0.15) is 0 Å². The van der Waals surface area contributed by atoms with E-state index in [1.807, 2.05) is 0 Å². The standard InChI is InChI=1S/C16H18FNO3/c1-10(2)20-15-8-16(14(18)7-13(15)17)21-12-5-3-4-11(6-12)9-19/h3-8,10,19H,9,18H2,1-2H3. The number of nitrogen functional groups attached to an aromatic ring is 1. The minimum absolute atomic E-state index is 0.0855. The van der Waals surface area contributed by atoms with Crippen LogP contribution < -0.4 is 15.2 Å². The summed E-state index contributed by atoms with van der Waals surface area (Å²) in [4.78, 5) is 0. The first-order valence-electron chi connectivity index (χ1n) is 6.63. The van der Waals surface area contributed by atoms with Crippen molar-refractivity contribution in [2.75, 3.05) is 5.73 Å². The van der Waals surface area contributed by atoms with Gasteiger partial charge < -0.3 is 20.3 Å². The van der Waals surface area contributed by atoms with Gasteiger partial charge in [-0.05, 0) is 31.5 Å². The van der Waals surface area contributed by atoms with E-state index in [0.717, 1.165) is 0 Å².